The molecule has 0 N–H and O–H groups in total. The second-order valence-electron chi connectivity index (χ2n) is 6.39. The van der Waals surface area contributed by atoms with Crippen LogP contribution in [0.1, 0.15) is 24.0 Å². The molecular formula is C20H20N2O2. The normalized spacial score (nSPS) is 22.2. The molecule has 1 aliphatic heterocycles. The summed E-state index contributed by atoms with van der Waals surface area (Å²) < 4.78 is 5.51. The Bertz CT molecular complexity index is 743. The van der Waals surface area contributed by atoms with Crippen molar-refractivity contribution in [2.75, 3.05) is 6.54 Å². The molecule has 0 saturated carbocycles. The van der Waals surface area contributed by atoms with E-state index in [4.69, 9.17) is 4.74 Å². The van der Waals surface area contributed by atoms with Crippen molar-refractivity contribution in [3.8, 4) is 0 Å². The third-order valence-corrected chi connectivity index (χ3v) is 4.91. The first kappa shape index (κ1) is 14.9. The van der Waals surface area contributed by atoms with Gasteiger partial charge in [0.25, 0.3) is 0 Å². The van der Waals surface area contributed by atoms with Crippen LogP contribution in [0.5, 0.6) is 0 Å². The minimum Gasteiger partial charge on any atom is -0.445 e. The number of fused-ring (bicyclic) bond motifs is 1. The van der Waals surface area contributed by atoms with Gasteiger partial charge in [-0.1, -0.05) is 42.5 Å². The van der Waals surface area contributed by atoms with Gasteiger partial charge in [0.15, 0.2) is 0 Å². The summed E-state index contributed by atoms with van der Waals surface area (Å²) in [6, 6.07) is 14.1. The average molecular weight is 320 g/mol. The summed E-state index contributed by atoms with van der Waals surface area (Å²) in [5.74, 6) is 0.435. The van der Waals surface area contributed by atoms with E-state index in [0.717, 1.165) is 30.5 Å². The van der Waals surface area contributed by atoms with Crippen LogP contribution in [0.3, 0.4) is 0 Å². The van der Waals surface area contributed by atoms with Gasteiger partial charge >= 0.3 is 6.09 Å². The summed E-state index contributed by atoms with van der Waals surface area (Å²) in [5, 5.41) is 0. The van der Waals surface area contributed by atoms with Crippen molar-refractivity contribution in [1.29, 1.82) is 0 Å². The highest BCUT2D eigenvalue weighted by Gasteiger charge is 2.40. The summed E-state index contributed by atoms with van der Waals surface area (Å²) in [6.45, 7) is 1.11. The predicted molar refractivity (Wildman–Crippen MR) is 92.1 cm³/mol. The highest BCUT2D eigenvalue weighted by atomic mass is 16.6. The summed E-state index contributed by atoms with van der Waals surface area (Å²) >= 11 is 0. The molecule has 1 aliphatic carbocycles. The van der Waals surface area contributed by atoms with Crippen LogP contribution in [0.15, 0.2) is 60.9 Å². The number of amides is 1. The standard InChI is InChI=1S/C20H20N2O2/c23-20(24-14-15-5-2-1-3-6-15)22-10-8-16-11-18(12-19(16)22)17-7-4-9-21-13-17/h1-7,9,11,13,16,19H,8,10,12,14H2. The Labute approximate surface area is 141 Å². The van der Waals surface area contributed by atoms with Crippen LogP contribution in [0, 0.1) is 5.92 Å². The van der Waals surface area contributed by atoms with E-state index >= 15 is 0 Å². The molecule has 24 heavy (non-hydrogen) atoms. The molecule has 122 valence electrons. The molecule has 1 aromatic heterocycles. The molecular weight excluding hydrogens is 300 g/mol. The molecule has 1 aromatic carbocycles. The Morgan fingerprint density at radius 1 is 1.21 bits per heavy atom. The van der Waals surface area contributed by atoms with Gasteiger partial charge in [0.1, 0.15) is 6.61 Å². The van der Waals surface area contributed by atoms with E-state index in [0.29, 0.717) is 12.5 Å². The van der Waals surface area contributed by atoms with Crippen molar-refractivity contribution in [3.63, 3.8) is 0 Å². The fourth-order valence-electron chi connectivity index (χ4n) is 3.68. The minimum atomic E-state index is -0.202. The zero-order valence-corrected chi connectivity index (χ0v) is 13.5. The van der Waals surface area contributed by atoms with Crippen molar-refractivity contribution in [2.24, 2.45) is 5.92 Å². The Balaban J connectivity index is 1.39. The Morgan fingerprint density at radius 3 is 2.88 bits per heavy atom. The van der Waals surface area contributed by atoms with Gasteiger partial charge in [-0.25, -0.2) is 4.79 Å². The molecule has 2 unspecified atom stereocenters. The fourth-order valence-corrected chi connectivity index (χ4v) is 3.68. The topological polar surface area (TPSA) is 42.4 Å². The first-order valence-corrected chi connectivity index (χ1v) is 8.40. The van der Waals surface area contributed by atoms with Gasteiger partial charge in [-0.3, -0.25) is 4.98 Å². The third-order valence-electron chi connectivity index (χ3n) is 4.91. The van der Waals surface area contributed by atoms with E-state index in [9.17, 15) is 4.79 Å². The van der Waals surface area contributed by atoms with Gasteiger partial charge < -0.3 is 9.64 Å². The lowest BCUT2D eigenvalue weighted by Gasteiger charge is -2.23. The number of ether oxygens (including phenoxy) is 1. The lowest BCUT2D eigenvalue weighted by atomic mass is 10.0. The highest BCUT2D eigenvalue weighted by molar-refractivity contribution is 5.73. The number of aromatic nitrogens is 1. The third kappa shape index (κ3) is 2.92. The Hall–Kier alpha value is -2.62. The van der Waals surface area contributed by atoms with E-state index in [1.54, 1.807) is 6.20 Å². The van der Waals surface area contributed by atoms with Crippen LogP contribution in [-0.4, -0.2) is 28.6 Å². The average Bonchev–Trinajstić information content (AvgIpc) is 3.22. The second-order valence-corrected chi connectivity index (χ2v) is 6.39. The molecule has 2 aromatic rings. The van der Waals surface area contributed by atoms with Gasteiger partial charge in [-0.2, -0.15) is 0 Å². The van der Waals surface area contributed by atoms with Crippen LogP contribution in [0.2, 0.25) is 0 Å². The number of likely N-dealkylation sites (tertiary alicyclic amines) is 1. The molecule has 2 atom stereocenters. The van der Waals surface area contributed by atoms with Gasteiger partial charge in [0.05, 0.1) is 0 Å². The summed E-state index contributed by atoms with van der Waals surface area (Å²) in [5.41, 5.74) is 3.46. The number of carbonyl (C=O) groups is 1. The monoisotopic (exact) mass is 320 g/mol. The van der Waals surface area contributed by atoms with Crippen LogP contribution in [-0.2, 0) is 11.3 Å². The number of hydrogen-bond acceptors (Lipinski definition) is 3. The number of carbonyl (C=O) groups excluding carboxylic acids is 1. The fraction of sp³-hybridized carbons (Fsp3) is 0.300. The quantitative estimate of drug-likeness (QED) is 0.861. The van der Waals surface area contributed by atoms with Gasteiger partial charge in [-0.15, -0.1) is 0 Å². The number of rotatable bonds is 3. The minimum absolute atomic E-state index is 0.202. The lowest BCUT2D eigenvalue weighted by molar-refractivity contribution is 0.0915. The smallest absolute Gasteiger partial charge is 0.410 e. The maximum atomic E-state index is 12.5. The van der Waals surface area contributed by atoms with Crippen LogP contribution in [0.25, 0.3) is 5.57 Å². The van der Waals surface area contributed by atoms with Crippen LogP contribution in [0.4, 0.5) is 4.79 Å². The zero-order valence-electron chi connectivity index (χ0n) is 13.5. The summed E-state index contributed by atoms with van der Waals surface area (Å²) in [7, 11) is 0. The Morgan fingerprint density at radius 2 is 2.08 bits per heavy atom. The molecule has 1 fully saturated rings. The van der Waals surface area contributed by atoms with Crippen molar-refractivity contribution in [2.45, 2.75) is 25.5 Å². The number of pyridine rings is 1. The molecule has 4 rings (SSSR count). The number of benzene rings is 1. The molecule has 4 nitrogen and oxygen atoms in total. The van der Waals surface area contributed by atoms with Crippen LogP contribution < -0.4 is 0 Å². The maximum absolute atomic E-state index is 12.5. The van der Waals surface area contributed by atoms with Gasteiger partial charge in [0, 0.05) is 25.0 Å². The first-order valence-electron chi connectivity index (χ1n) is 8.40. The first-order chi connectivity index (χ1) is 11.8. The summed E-state index contributed by atoms with van der Waals surface area (Å²) in [6.07, 6.45) is 7.68. The number of hydrogen-bond donors (Lipinski definition) is 0. The van der Waals surface area contributed by atoms with Crippen molar-refractivity contribution < 1.29 is 9.53 Å². The summed E-state index contributed by atoms with van der Waals surface area (Å²) in [4.78, 5) is 18.6. The second kappa shape index (κ2) is 6.48. The largest absolute Gasteiger partial charge is 0.445 e. The van der Waals surface area contributed by atoms with E-state index in [-0.39, 0.29) is 12.1 Å². The highest BCUT2D eigenvalue weighted by Crippen LogP contribution is 2.40. The molecule has 0 spiro atoms. The van der Waals surface area contributed by atoms with E-state index in [2.05, 4.69) is 17.1 Å². The molecule has 0 bridgehead atoms. The lowest BCUT2D eigenvalue weighted by Crippen LogP contribution is -2.36. The van der Waals surface area contributed by atoms with Crippen molar-refractivity contribution in [3.05, 3.63) is 72.1 Å². The van der Waals surface area contributed by atoms with Gasteiger partial charge in [0.2, 0.25) is 0 Å². The molecule has 1 amide bonds. The molecule has 4 heteroatoms. The maximum Gasteiger partial charge on any atom is 0.410 e. The molecule has 1 saturated heterocycles. The number of nitrogens with zero attached hydrogens (tertiary/aromatic N) is 2. The molecule has 0 radical (unpaired) electrons. The predicted octanol–water partition coefficient (Wildman–Crippen LogP) is 3.90. The van der Waals surface area contributed by atoms with E-state index in [1.807, 2.05) is 47.5 Å². The van der Waals surface area contributed by atoms with Crippen LogP contribution >= 0.6 is 0 Å². The van der Waals surface area contributed by atoms with E-state index < -0.39 is 0 Å². The molecule has 2 aliphatic rings. The van der Waals surface area contributed by atoms with Crippen molar-refractivity contribution >= 4 is 11.7 Å². The van der Waals surface area contributed by atoms with E-state index in [1.165, 1.54) is 5.57 Å². The van der Waals surface area contributed by atoms with Crippen molar-refractivity contribution in [1.82, 2.24) is 9.88 Å². The SMILES string of the molecule is O=C(OCc1ccccc1)N1CCC2C=C(c3cccnc3)CC21. The van der Waals surface area contributed by atoms with Gasteiger partial charge in [-0.05, 0) is 41.5 Å². The zero-order chi connectivity index (χ0) is 16.4. The molecule has 2 heterocycles. The Kier molecular flexibility index (Phi) is 4.03.